The maximum atomic E-state index is 5.52. The van der Waals surface area contributed by atoms with Crippen molar-refractivity contribution in [3.63, 3.8) is 0 Å². The van der Waals surface area contributed by atoms with E-state index in [0.29, 0.717) is 23.7 Å². The molecule has 0 heterocycles. The van der Waals surface area contributed by atoms with Gasteiger partial charge < -0.3 is 11.5 Å². The van der Waals surface area contributed by atoms with Crippen LogP contribution in [0.1, 0.15) is 6.42 Å². The quantitative estimate of drug-likeness (QED) is 0.414. The van der Waals surface area contributed by atoms with Gasteiger partial charge in [0, 0.05) is 35.1 Å². The second-order valence-electron chi connectivity index (χ2n) is 6.85. The van der Waals surface area contributed by atoms with Gasteiger partial charge in [-0.15, -0.1) is 0 Å². The van der Waals surface area contributed by atoms with Gasteiger partial charge in [0.05, 0.1) is 0 Å². The van der Waals surface area contributed by atoms with Crippen LogP contribution in [0.15, 0.2) is 10.2 Å². The van der Waals surface area contributed by atoms with Gasteiger partial charge in [0.25, 0.3) is 0 Å². The molecule has 21 heavy (non-hydrogen) atoms. The average Bonchev–Trinajstić information content (AvgIpc) is 2.91. The lowest BCUT2D eigenvalue weighted by Gasteiger charge is -2.44. The molecule has 0 unspecified atom stereocenters. The summed E-state index contributed by atoms with van der Waals surface area (Å²) in [5, 5.41) is 9.57. The van der Waals surface area contributed by atoms with E-state index in [9.17, 15) is 0 Å². The Morgan fingerprint density at radius 3 is 1.67 bits per heavy atom. The van der Waals surface area contributed by atoms with Gasteiger partial charge in [-0.05, 0) is 54.5 Å². The van der Waals surface area contributed by atoms with E-state index in [4.69, 9.17) is 35.9 Å². The number of hydrazone groups is 2. The minimum absolute atomic E-state index is 0.241. The molecule has 5 rings (SSSR count). The maximum Gasteiger partial charge on any atom is 0.184 e. The molecule has 0 saturated heterocycles. The van der Waals surface area contributed by atoms with Crippen molar-refractivity contribution in [2.45, 2.75) is 6.42 Å². The summed E-state index contributed by atoms with van der Waals surface area (Å²) in [6.07, 6.45) is 1.33. The van der Waals surface area contributed by atoms with Crippen LogP contribution in [-0.4, -0.2) is 21.6 Å². The number of thiocarbonyl (C=S) groups is 2. The third kappa shape index (κ3) is 1.25. The van der Waals surface area contributed by atoms with E-state index in [1.807, 2.05) is 0 Å². The summed E-state index contributed by atoms with van der Waals surface area (Å²) in [6.45, 7) is 0. The fourth-order valence-electron chi connectivity index (χ4n) is 6.40. The summed E-state index contributed by atoms with van der Waals surface area (Å²) in [6, 6.07) is 0. The normalized spacial score (nSPS) is 53.5. The van der Waals surface area contributed by atoms with Gasteiger partial charge in [-0.3, -0.25) is 10.9 Å². The van der Waals surface area contributed by atoms with Gasteiger partial charge in [0.2, 0.25) is 0 Å². The average molecular weight is 320 g/mol. The van der Waals surface area contributed by atoms with Crippen LogP contribution < -0.4 is 22.3 Å². The molecule has 0 aromatic carbocycles. The molecule has 0 aromatic rings. The Labute approximate surface area is 132 Å². The van der Waals surface area contributed by atoms with Gasteiger partial charge in [0.1, 0.15) is 0 Å². The fraction of sp³-hybridized carbons (Fsp3) is 0.692. The molecule has 0 radical (unpaired) electrons. The molecule has 0 aliphatic heterocycles. The summed E-state index contributed by atoms with van der Waals surface area (Å²) in [5.74, 6) is 5.30. The van der Waals surface area contributed by atoms with Crippen LogP contribution in [0.5, 0.6) is 0 Å². The van der Waals surface area contributed by atoms with Crippen LogP contribution in [0.3, 0.4) is 0 Å². The Morgan fingerprint density at radius 2 is 1.29 bits per heavy atom. The zero-order valence-corrected chi connectivity index (χ0v) is 12.8. The largest absolute Gasteiger partial charge is 0.375 e. The first-order valence-electron chi connectivity index (χ1n) is 7.35. The van der Waals surface area contributed by atoms with Crippen LogP contribution in [0.25, 0.3) is 0 Å². The van der Waals surface area contributed by atoms with Crippen LogP contribution in [0.2, 0.25) is 0 Å². The lowest BCUT2D eigenvalue weighted by Crippen LogP contribution is -2.49. The van der Waals surface area contributed by atoms with Crippen molar-refractivity contribution in [1.82, 2.24) is 10.9 Å². The lowest BCUT2D eigenvalue weighted by molar-refractivity contribution is 0.0654. The van der Waals surface area contributed by atoms with Crippen molar-refractivity contribution in [2.24, 2.45) is 69.0 Å². The predicted octanol–water partition coefficient (Wildman–Crippen LogP) is -0.248. The molecule has 8 heteroatoms. The van der Waals surface area contributed by atoms with Crippen LogP contribution in [0.4, 0.5) is 0 Å². The standard InChI is InChI=1S/C13H16N6S2/c14-12(20)18-16-10-6-2-1-3-5-4(2)8(10)9(5)11(7(3)6)17-19-13(15)21/h2-9H,1H2,(H3,14,18,20)(H3,15,19,21)/b16-10-,17-11-/t2-,3-,4-,5+,6-,7-,8+,9-/m1/s1. The molecule has 5 fully saturated rings. The van der Waals surface area contributed by atoms with Crippen LogP contribution in [0, 0.1) is 47.3 Å². The van der Waals surface area contributed by atoms with Crippen molar-refractivity contribution in [3.05, 3.63) is 0 Å². The molecule has 5 aliphatic rings. The topological polar surface area (TPSA) is 101 Å². The number of nitrogens with two attached hydrogens (primary N) is 2. The molecule has 0 aromatic heterocycles. The monoisotopic (exact) mass is 320 g/mol. The van der Waals surface area contributed by atoms with Gasteiger partial charge in [-0.2, -0.15) is 10.2 Å². The molecule has 8 atom stereocenters. The molecule has 2 bridgehead atoms. The van der Waals surface area contributed by atoms with Crippen LogP contribution >= 0.6 is 24.4 Å². The van der Waals surface area contributed by atoms with E-state index in [0.717, 1.165) is 23.7 Å². The Kier molecular flexibility index (Phi) is 2.18. The first-order chi connectivity index (χ1) is 10.1. The van der Waals surface area contributed by atoms with Crippen molar-refractivity contribution in [2.75, 3.05) is 0 Å². The molecule has 110 valence electrons. The van der Waals surface area contributed by atoms with E-state index >= 15 is 0 Å². The zero-order chi connectivity index (χ0) is 14.5. The first kappa shape index (κ1) is 12.3. The number of hydrogen-bond acceptors (Lipinski definition) is 4. The summed E-state index contributed by atoms with van der Waals surface area (Å²) in [7, 11) is 0. The minimum atomic E-state index is 0.241. The summed E-state index contributed by atoms with van der Waals surface area (Å²) in [5.41, 5.74) is 19.2. The Hall–Kier alpha value is -1.28. The highest BCUT2D eigenvalue weighted by molar-refractivity contribution is 7.80. The fourth-order valence-corrected chi connectivity index (χ4v) is 6.49. The second-order valence-corrected chi connectivity index (χ2v) is 7.73. The third-order valence-electron chi connectivity index (χ3n) is 6.46. The number of fused-ring (bicyclic) bond motifs is 2. The van der Waals surface area contributed by atoms with Crippen molar-refractivity contribution in [1.29, 1.82) is 0 Å². The highest BCUT2D eigenvalue weighted by Crippen LogP contribution is 2.80. The third-order valence-corrected chi connectivity index (χ3v) is 6.64. The maximum absolute atomic E-state index is 5.52. The lowest BCUT2D eigenvalue weighted by atomic mass is 9.59. The van der Waals surface area contributed by atoms with Gasteiger partial charge >= 0.3 is 0 Å². The van der Waals surface area contributed by atoms with E-state index < -0.39 is 0 Å². The minimum Gasteiger partial charge on any atom is -0.375 e. The van der Waals surface area contributed by atoms with Crippen LogP contribution in [-0.2, 0) is 0 Å². The molecule has 0 spiro atoms. The molecule has 0 amide bonds. The summed E-state index contributed by atoms with van der Waals surface area (Å²) in [4.78, 5) is 0. The number of rotatable bonds is 2. The molecule has 5 aliphatic carbocycles. The summed E-state index contributed by atoms with van der Waals surface area (Å²) >= 11 is 9.75. The molecule has 6 N–H and O–H groups in total. The van der Waals surface area contributed by atoms with E-state index in [1.54, 1.807) is 0 Å². The zero-order valence-electron chi connectivity index (χ0n) is 11.2. The molecule has 5 saturated carbocycles. The smallest absolute Gasteiger partial charge is 0.184 e. The van der Waals surface area contributed by atoms with Crippen molar-refractivity contribution < 1.29 is 0 Å². The Morgan fingerprint density at radius 1 is 0.857 bits per heavy atom. The van der Waals surface area contributed by atoms with Gasteiger partial charge in [0.15, 0.2) is 10.2 Å². The highest BCUT2D eigenvalue weighted by atomic mass is 32.1. The highest BCUT2D eigenvalue weighted by Gasteiger charge is 2.82. The molecular formula is C13H16N6S2. The number of nitrogens with zero attached hydrogens (tertiary/aromatic N) is 2. The molecular weight excluding hydrogens is 304 g/mol. The summed E-state index contributed by atoms with van der Waals surface area (Å²) < 4.78 is 0. The van der Waals surface area contributed by atoms with Crippen molar-refractivity contribution >= 4 is 46.1 Å². The van der Waals surface area contributed by atoms with E-state index in [1.165, 1.54) is 17.8 Å². The van der Waals surface area contributed by atoms with Crippen molar-refractivity contribution in [3.8, 4) is 0 Å². The van der Waals surface area contributed by atoms with Gasteiger partial charge in [-0.1, -0.05) is 0 Å². The van der Waals surface area contributed by atoms with E-state index in [-0.39, 0.29) is 10.2 Å². The number of nitrogens with one attached hydrogen (secondary N) is 2. The predicted molar refractivity (Wildman–Crippen MR) is 87.2 cm³/mol. The Balaban J connectivity index is 1.54. The Bertz CT molecular complexity index is 585. The van der Waals surface area contributed by atoms with E-state index in [2.05, 4.69) is 21.1 Å². The van der Waals surface area contributed by atoms with Gasteiger partial charge in [-0.25, -0.2) is 0 Å². The SMILES string of the molecule is NC(=S)N/N=C1/[C@@H]2[C@@H]3C[C@H]4[C@H]2/C(=N/NC(N)=S)[C@H]2[C@@H]1[C@H]3[C@H]42. The molecule has 6 nitrogen and oxygen atoms in total. The first-order valence-corrected chi connectivity index (χ1v) is 8.17. The number of hydrogen-bond donors (Lipinski definition) is 4. The second kappa shape index (κ2) is 3.73.